The Hall–Kier alpha value is -1.75. The molecule has 5 heteroatoms. The summed E-state index contributed by atoms with van der Waals surface area (Å²) in [5.74, 6) is 2.44. The molecule has 0 aliphatic heterocycles. The molecule has 1 aromatic heterocycles. The molecule has 0 amide bonds. The zero-order valence-electron chi connectivity index (χ0n) is 14.6. The van der Waals surface area contributed by atoms with E-state index in [1.54, 1.807) is 14.2 Å². The lowest BCUT2D eigenvalue weighted by Gasteiger charge is -2.34. The van der Waals surface area contributed by atoms with Crippen LogP contribution in [0, 0.1) is 0 Å². The largest absolute Gasteiger partial charge is 0.493 e. The Kier molecular flexibility index (Phi) is 4.76. The summed E-state index contributed by atoms with van der Waals surface area (Å²) in [6, 6.07) is 4.82. The predicted molar refractivity (Wildman–Crippen MR) is 92.2 cm³/mol. The SMILES string of the molecule is COc1cc2nc(C(C)N(C)C3CCCCC3)[nH]c2cc1OC. The molecule has 1 N–H and O–H groups in total. The molecule has 126 valence electrons. The van der Waals surface area contributed by atoms with Gasteiger partial charge < -0.3 is 14.5 Å². The maximum Gasteiger partial charge on any atom is 0.163 e. The molecule has 1 saturated carbocycles. The molecule has 2 aromatic rings. The van der Waals surface area contributed by atoms with Crippen LogP contribution < -0.4 is 9.47 Å². The van der Waals surface area contributed by atoms with Crippen LogP contribution in [0.2, 0.25) is 0 Å². The molecular formula is C18H27N3O2. The van der Waals surface area contributed by atoms with E-state index >= 15 is 0 Å². The second kappa shape index (κ2) is 6.79. The molecule has 23 heavy (non-hydrogen) atoms. The van der Waals surface area contributed by atoms with Gasteiger partial charge in [-0.25, -0.2) is 4.98 Å². The number of imidazole rings is 1. The number of benzene rings is 1. The molecule has 1 unspecified atom stereocenters. The zero-order valence-corrected chi connectivity index (χ0v) is 14.6. The minimum atomic E-state index is 0.266. The number of methoxy groups -OCH3 is 2. The average molecular weight is 317 g/mol. The predicted octanol–water partition coefficient (Wildman–Crippen LogP) is 3.91. The van der Waals surface area contributed by atoms with E-state index in [9.17, 15) is 0 Å². The lowest BCUT2D eigenvalue weighted by molar-refractivity contribution is 0.142. The van der Waals surface area contributed by atoms with Crippen molar-refractivity contribution in [1.29, 1.82) is 0 Å². The molecule has 1 aliphatic rings. The van der Waals surface area contributed by atoms with Gasteiger partial charge in [0.2, 0.25) is 0 Å². The quantitative estimate of drug-likeness (QED) is 0.908. The minimum Gasteiger partial charge on any atom is -0.493 e. The van der Waals surface area contributed by atoms with E-state index in [1.807, 2.05) is 12.1 Å². The minimum absolute atomic E-state index is 0.266. The second-order valence-electron chi connectivity index (χ2n) is 6.48. The highest BCUT2D eigenvalue weighted by Gasteiger charge is 2.24. The summed E-state index contributed by atoms with van der Waals surface area (Å²) in [4.78, 5) is 10.7. The normalized spacial score (nSPS) is 17.6. The number of ether oxygens (including phenoxy) is 2. The van der Waals surface area contributed by atoms with E-state index in [4.69, 9.17) is 14.5 Å². The molecular weight excluding hydrogens is 290 g/mol. The van der Waals surface area contributed by atoms with Crippen molar-refractivity contribution < 1.29 is 9.47 Å². The molecule has 1 aromatic carbocycles. The Morgan fingerprint density at radius 3 is 2.43 bits per heavy atom. The molecule has 0 bridgehead atoms. The zero-order chi connectivity index (χ0) is 16.4. The Balaban J connectivity index is 1.86. The van der Waals surface area contributed by atoms with Gasteiger partial charge in [0.25, 0.3) is 0 Å². The summed E-state index contributed by atoms with van der Waals surface area (Å²) in [7, 11) is 5.52. The van der Waals surface area contributed by atoms with Crippen LogP contribution >= 0.6 is 0 Å². The highest BCUT2D eigenvalue weighted by molar-refractivity contribution is 5.79. The van der Waals surface area contributed by atoms with Gasteiger partial charge in [0.05, 0.1) is 31.3 Å². The molecule has 0 radical (unpaired) electrons. The monoisotopic (exact) mass is 317 g/mol. The number of nitrogens with one attached hydrogen (secondary N) is 1. The molecule has 1 heterocycles. The number of H-pyrrole nitrogens is 1. The average Bonchev–Trinajstić information content (AvgIpc) is 3.02. The van der Waals surface area contributed by atoms with Gasteiger partial charge in [-0.05, 0) is 26.8 Å². The Morgan fingerprint density at radius 1 is 1.13 bits per heavy atom. The number of hydrogen-bond donors (Lipinski definition) is 1. The van der Waals surface area contributed by atoms with Crippen LogP contribution in [0.15, 0.2) is 12.1 Å². The molecule has 0 spiro atoms. The van der Waals surface area contributed by atoms with Crippen LogP contribution in [0.3, 0.4) is 0 Å². The van der Waals surface area contributed by atoms with E-state index in [0.29, 0.717) is 11.8 Å². The summed E-state index contributed by atoms with van der Waals surface area (Å²) in [5, 5.41) is 0. The Labute approximate surface area is 138 Å². The van der Waals surface area contributed by atoms with E-state index < -0.39 is 0 Å². The number of aromatic nitrogens is 2. The number of nitrogens with zero attached hydrogens (tertiary/aromatic N) is 2. The fraction of sp³-hybridized carbons (Fsp3) is 0.611. The van der Waals surface area contributed by atoms with Gasteiger partial charge in [0.15, 0.2) is 11.5 Å². The first kappa shape index (κ1) is 16.1. The molecule has 1 fully saturated rings. The third-order valence-electron chi connectivity index (χ3n) is 5.16. The van der Waals surface area contributed by atoms with Crippen LogP contribution in [-0.4, -0.2) is 42.2 Å². The number of fused-ring (bicyclic) bond motifs is 1. The van der Waals surface area contributed by atoms with Crippen molar-refractivity contribution in [3.8, 4) is 11.5 Å². The van der Waals surface area contributed by atoms with Crippen LogP contribution in [0.1, 0.15) is 50.9 Å². The van der Waals surface area contributed by atoms with Crippen molar-refractivity contribution in [1.82, 2.24) is 14.9 Å². The van der Waals surface area contributed by atoms with Crippen LogP contribution in [-0.2, 0) is 0 Å². The fourth-order valence-corrected chi connectivity index (χ4v) is 3.55. The smallest absolute Gasteiger partial charge is 0.163 e. The summed E-state index contributed by atoms with van der Waals surface area (Å²) in [6.45, 7) is 2.22. The molecule has 5 nitrogen and oxygen atoms in total. The highest BCUT2D eigenvalue weighted by atomic mass is 16.5. The lowest BCUT2D eigenvalue weighted by Crippen LogP contribution is -2.35. The summed E-state index contributed by atoms with van der Waals surface area (Å²) in [6.07, 6.45) is 6.65. The van der Waals surface area contributed by atoms with Gasteiger partial charge in [0.1, 0.15) is 5.82 Å². The van der Waals surface area contributed by atoms with E-state index in [0.717, 1.165) is 22.6 Å². The maximum absolute atomic E-state index is 5.37. The van der Waals surface area contributed by atoms with Crippen molar-refractivity contribution in [2.45, 2.75) is 51.1 Å². The summed E-state index contributed by atoms with van der Waals surface area (Å²) in [5.41, 5.74) is 1.91. The van der Waals surface area contributed by atoms with Crippen molar-refractivity contribution in [3.05, 3.63) is 18.0 Å². The fourth-order valence-electron chi connectivity index (χ4n) is 3.55. The summed E-state index contributed by atoms with van der Waals surface area (Å²) < 4.78 is 10.7. The first-order valence-electron chi connectivity index (χ1n) is 8.47. The van der Waals surface area contributed by atoms with Crippen LogP contribution in [0.5, 0.6) is 11.5 Å². The number of aromatic amines is 1. The molecule has 1 atom stereocenters. The van der Waals surface area contributed by atoms with Gasteiger partial charge in [-0.15, -0.1) is 0 Å². The van der Waals surface area contributed by atoms with Crippen molar-refractivity contribution in [2.24, 2.45) is 0 Å². The van der Waals surface area contributed by atoms with Gasteiger partial charge in [-0.2, -0.15) is 0 Å². The van der Waals surface area contributed by atoms with Gasteiger partial charge in [-0.3, -0.25) is 4.90 Å². The lowest BCUT2D eigenvalue weighted by atomic mass is 9.93. The Morgan fingerprint density at radius 2 is 1.78 bits per heavy atom. The molecule has 0 saturated heterocycles. The van der Waals surface area contributed by atoms with Crippen molar-refractivity contribution in [3.63, 3.8) is 0 Å². The topological polar surface area (TPSA) is 50.4 Å². The number of rotatable bonds is 5. The highest BCUT2D eigenvalue weighted by Crippen LogP contribution is 2.33. The van der Waals surface area contributed by atoms with Crippen molar-refractivity contribution >= 4 is 11.0 Å². The van der Waals surface area contributed by atoms with E-state index in [1.165, 1.54) is 32.1 Å². The van der Waals surface area contributed by atoms with Gasteiger partial charge in [-0.1, -0.05) is 19.3 Å². The first-order valence-corrected chi connectivity index (χ1v) is 8.47. The maximum atomic E-state index is 5.37. The first-order chi connectivity index (χ1) is 11.1. The number of hydrogen-bond acceptors (Lipinski definition) is 4. The van der Waals surface area contributed by atoms with Crippen molar-refractivity contribution in [2.75, 3.05) is 21.3 Å². The molecule has 3 rings (SSSR count). The third-order valence-corrected chi connectivity index (χ3v) is 5.16. The van der Waals surface area contributed by atoms with E-state index in [2.05, 4.69) is 23.9 Å². The van der Waals surface area contributed by atoms with Gasteiger partial charge >= 0.3 is 0 Å². The standard InChI is InChI=1S/C18H27N3O2/c1-12(21(2)13-8-6-5-7-9-13)18-19-14-10-16(22-3)17(23-4)11-15(14)20-18/h10-13H,5-9H2,1-4H3,(H,19,20). The van der Waals surface area contributed by atoms with Crippen LogP contribution in [0.4, 0.5) is 0 Å². The van der Waals surface area contributed by atoms with Gasteiger partial charge in [0, 0.05) is 18.2 Å². The second-order valence-corrected chi connectivity index (χ2v) is 6.48. The third kappa shape index (κ3) is 3.15. The van der Waals surface area contributed by atoms with E-state index in [-0.39, 0.29) is 6.04 Å². The summed E-state index contributed by atoms with van der Waals surface area (Å²) >= 11 is 0. The van der Waals surface area contributed by atoms with Crippen LogP contribution in [0.25, 0.3) is 11.0 Å². The molecule has 1 aliphatic carbocycles. The Bertz CT molecular complexity index is 621.